The van der Waals surface area contributed by atoms with Crippen LogP contribution >= 0.6 is 11.8 Å². The number of benzene rings is 1. The molecule has 0 aromatic heterocycles. The Morgan fingerprint density at radius 1 is 1.07 bits per heavy atom. The van der Waals surface area contributed by atoms with Crippen molar-refractivity contribution < 1.29 is 14.1 Å². The Balaban J connectivity index is 1.78. The maximum atomic E-state index is 11.6. The molecule has 0 amide bonds. The number of hydrogen-bond donors (Lipinski definition) is 0. The molecule has 5 nitrogen and oxygen atoms in total. The van der Waals surface area contributed by atoms with Gasteiger partial charge in [0, 0.05) is 44.5 Å². The molecule has 0 radical (unpaired) electrons. The van der Waals surface area contributed by atoms with Gasteiger partial charge in [-0.05, 0) is 57.9 Å². The van der Waals surface area contributed by atoms with Crippen LogP contribution in [0.3, 0.4) is 0 Å². The van der Waals surface area contributed by atoms with E-state index in [0.717, 1.165) is 37.2 Å². The van der Waals surface area contributed by atoms with Crippen LogP contribution in [0.15, 0.2) is 29.7 Å². The lowest BCUT2D eigenvalue weighted by atomic mass is 9.78. The first-order valence-corrected chi connectivity index (χ1v) is 11.3. The van der Waals surface area contributed by atoms with Gasteiger partial charge < -0.3 is 19.1 Å². The highest BCUT2D eigenvalue weighted by atomic mass is 32.2. The number of anilines is 1. The molecule has 0 spiro atoms. The zero-order valence-corrected chi connectivity index (χ0v) is 19.3. The normalized spacial score (nSPS) is 22.2. The molecule has 0 bridgehead atoms. The summed E-state index contributed by atoms with van der Waals surface area (Å²) in [5, 5.41) is 0.0952. The highest BCUT2D eigenvalue weighted by Crippen LogP contribution is 2.39. The molecule has 2 saturated heterocycles. The Hall–Kier alpha value is -1.28. The first kappa shape index (κ1) is 22.4. The van der Waals surface area contributed by atoms with Crippen molar-refractivity contribution in [2.45, 2.75) is 45.8 Å². The van der Waals surface area contributed by atoms with E-state index in [9.17, 15) is 4.79 Å². The predicted molar refractivity (Wildman–Crippen MR) is 123 cm³/mol. The average molecular weight is 416 g/mol. The Bertz CT molecular complexity index is 740. The monoisotopic (exact) mass is 416 g/mol. The molecule has 0 N–H and O–H groups in total. The standard InChI is InChI=1S/C22H33BN2O3S/c1-17(26)29-16-19(23-27-21(2,3)22(4,5)28-23)15-18-7-9-20(10-8-18)25-13-11-24(6)12-14-25/h7-10,15H,11-14,16H2,1-6H3. The second kappa shape index (κ2) is 8.84. The summed E-state index contributed by atoms with van der Waals surface area (Å²) in [6.45, 7) is 14.1. The van der Waals surface area contributed by atoms with Gasteiger partial charge in [0.1, 0.15) is 0 Å². The molecule has 0 aliphatic carbocycles. The zero-order chi connectivity index (χ0) is 21.2. The van der Waals surface area contributed by atoms with Gasteiger partial charge >= 0.3 is 7.12 Å². The molecule has 2 fully saturated rings. The molecule has 2 aliphatic rings. The van der Waals surface area contributed by atoms with Crippen LogP contribution < -0.4 is 4.90 Å². The van der Waals surface area contributed by atoms with E-state index in [0.29, 0.717) is 5.75 Å². The number of piperazine rings is 1. The number of carbonyl (C=O) groups excluding carboxylic acids is 1. The van der Waals surface area contributed by atoms with Crippen LogP contribution in [-0.2, 0) is 14.1 Å². The lowest BCUT2D eigenvalue weighted by Crippen LogP contribution is -2.44. The van der Waals surface area contributed by atoms with Gasteiger partial charge in [-0.2, -0.15) is 0 Å². The SMILES string of the molecule is CC(=O)SCC(=Cc1ccc(N2CCN(C)CC2)cc1)B1OC(C)(C)C(C)(C)O1. The van der Waals surface area contributed by atoms with Crippen molar-refractivity contribution in [1.29, 1.82) is 0 Å². The summed E-state index contributed by atoms with van der Waals surface area (Å²) in [6.07, 6.45) is 2.10. The molecule has 1 aromatic carbocycles. The summed E-state index contributed by atoms with van der Waals surface area (Å²) in [6, 6.07) is 8.63. The Kier molecular flexibility index (Phi) is 6.83. The van der Waals surface area contributed by atoms with Gasteiger partial charge in [0.05, 0.1) is 11.2 Å². The van der Waals surface area contributed by atoms with Crippen molar-refractivity contribution in [3.8, 4) is 0 Å². The molecule has 0 atom stereocenters. The molecule has 3 rings (SSSR count). The van der Waals surface area contributed by atoms with Gasteiger partial charge in [0.15, 0.2) is 5.12 Å². The van der Waals surface area contributed by atoms with E-state index in [4.69, 9.17) is 9.31 Å². The molecule has 7 heteroatoms. The predicted octanol–water partition coefficient (Wildman–Crippen LogP) is 3.73. The molecular weight excluding hydrogens is 383 g/mol. The van der Waals surface area contributed by atoms with Gasteiger partial charge in [0.25, 0.3) is 0 Å². The highest BCUT2D eigenvalue weighted by Gasteiger charge is 2.52. The van der Waals surface area contributed by atoms with Crippen LogP contribution in [-0.4, -0.2) is 67.3 Å². The largest absolute Gasteiger partial charge is 0.491 e. The first-order chi connectivity index (χ1) is 13.6. The van der Waals surface area contributed by atoms with Gasteiger partial charge in [-0.15, -0.1) is 0 Å². The fraction of sp³-hybridized carbons (Fsp3) is 0.591. The van der Waals surface area contributed by atoms with Crippen molar-refractivity contribution >= 4 is 35.8 Å². The van der Waals surface area contributed by atoms with E-state index in [1.807, 2.05) is 27.7 Å². The average Bonchev–Trinajstić information content (AvgIpc) is 2.87. The number of nitrogens with zero attached hydrogens (tertiary/aromatic N) is 2. The van der Waals surface area contributed by atoms with Crippen LogP contribution in [0, 0.1) is 0 Å². The first-order valence-electron chi connectivity index (χ1n) is 10.3. The van der Waals surface area contributed by atoms with Gasteiger partial charge in [-0.3, -0.25) is 4.79 Å². The fourth-order valence-electron chi connectivity index (χ4n) is 3.42. The second-order valence-corrected chi connectivity index (χ2v) is 10.1. The Morgan fingerprint density at radius 2 is 1.62 bits per heavy atom. The molecule has 2 heterocycles. The molecular formula is C22H33BN2O3S. The third-order valence-electron chi connectivity index (χ3n) is 6.11. The smallest absolute Gasteiger partial charge is 0.400 e. The number of hydrogen-bond acceptors (Lipinski definition) is 6. The minimum absolute atomic E-state index is 0.0952. The lowest BCUT2D eigenvalue weighted by molar-refractivity contribution is -0.109. The maximum Gasteiger partial charge on any atom is 0.491 e. The molecule has 0 unspecified atom stereocenters. The maximum absolute atomic E-state index is 11.6. The molecule has 0 saturated carbocycles. The summed E-state index contributed by atoms with van der Waals surface area (Å²) >= 11 is 1.29. The van der Waals surface area contributed by atoms with E-state index in [1.54, 1.807) is 6.92 Å². The van der Waals surface area contributed by atoms with Crippen molar-refractivity contribution in [3.63, 3.8) is 0 Å². The van der Waals surface area contributed by atoms with Crippen LogP contribution in [0.25, 0.3) is 6.08 Å². The summed E-state index contributed by atoms with van der Waals surface area (Å²) in [5.74, 6) is 0.562. The zero-order valence-electron chi connectivity index (χ0n) is 18.5. The molecule has 158 valence electrons. The summed E-state index contributed by atoms with van der Waals surface area (Å²) in [4.78, 5) is 16.3. The van der Waals surface area contributed by atoms with E-state index in [2.05, 4.69) is 47.2 Å². The van der Waals surface area contributed by atoms with Crippen molar-refractivity contribution in [1.82, 2.24) is 4.90 Å². The van der Waals surface area contributed by atoms with Crippen LogP contribution in [0.5, 0.6) is 0 Å². The van der Waals surface area contributed by atoms with E-state index < -0.39 is 18.3 Å². The number of rotatable bonds is 5. The van der Waals surface area contributed by atoms with E-state index in [1.165, 1.54) is 17.4 Å². The highest BCUT2D eigenvalue weighted by molar-refractivity contribution is 8.13. The van der Waals surface area contributed by atoms with Crippen LogP contribution in [0.4, 0.5) is 5.69 Å². The van der Waals surface area contributed by atoms with E-state index in [-0.39, 0.29) is 5.12 Å². The van der Waals surface area contributed by atoms with Gasteiger partial charge in [-0.1, -0.05) is 30.0 Å². The summed E-state index contributed by atoms with van der Waals surface area (Å²) in [7, 11) is 1.73. The number of likely N-dealkylation sites (N-methyl/N-ethyl adjacent to an activating group) is 1. The van der Waals surface area contributed by atoms with Crippen molar-refractivity contribution in [2.24, 2.45) is 0 Å². The Morgan fingerprint density at radius 3 is 2.14 bits per heavy atom. The van der Waals surface area contributed by atoms with Gasteiger partial charge in [0.2, 0.25) is 0 Å². The number of thioether (sulfide) groups is 1. The third-order valence-corrected chi connectivity index (χ3v) is 7.00. The van der Waals surface area contributed by atoms with Crippen LogP contribution in [0.2, 0.25) is 0 Å². The second-order valence-electron chi connectivity index (χ2n) is 8.97. The third kappa shape index (κ3) is 5.46. The minimum atomic E-state index is -0.441. The van der Waals surface area contributed by atoms with E-state index >= 15 is 0 Å². The van der Waals surface area contributed by atoms with Crippen molar-refractivity contribution in [2.75, 3.05) is 43.9 Å². The summed E-state index contributed by atoms with van der Waals surface area (Å²) < 4.78 is 12.5. The van der Waals surface area contributed by atoms with Gasteiger partial charge in [-0.25, -0.2) is 0 Å². The fourth-order valence-corrected chi connectivity index (χ4v) is 4.01. The Labute approximate surface area is 179 Å². The van der Waals surface area contributed by atoms with Crippen molar-refractivity contribution in [3.05, 3.63) is 35.3 Å². The minimum Gasteiger partial charge on any atom is -0.400 e. The molecule has 29 heavy (non-hydrogen) atoms. The quantitative estimate of drug-likeness (QED) is 0.682. The lowest BCUT2D eigenvalue weighted by Gasteiger charge is -2.34. The topological polar surface area (TPSA) is 42.0 Å². The summed E-state index contributed by atoms with van der Waals surface area (Å²) in [5.41, 5.74) is 2.53. The van der Waals surface area contributed by atoms with Crippen LogP contribution in [0.1, 0.15) is 40.2 Å². The molecule has 2 aliphatic heterocycles. The molecule has 1 aromatic rings. The number of carbonyl (C=O) groups is 1.